The first kappa shape index (κ1) is 23.4. The van der Waals surface area contributed by atoms with E-state index in [4.69, 9.17) is 4.74 Å². The van der Waals surface area contributed by atoms with Crippen molar-refractivity contribution in [2.45, 2.75) is 38.5 Å². The van der Waals surface area contributed by atoms with Crippen LogP contribution in [0.25, 0.3) is 10.2 Å². The van der Waals surface area contributed by atoms with Gasteiger partial charge in [-0.1, -0.05) is 48.6 Å². The SMILES string of the molecule is CC[C@@H](COC)NCc1cccc(CCNC[C@H](O)c2ccc(O)c3[nH]c(=O)sc23)c1. The standard InChI is InChI=1S/C23H31N3O4S/c1-3-17(14-30-2)25-12-16-6-4-5-15(11-16)9-10-24-13-20(28)18-7-8-19(27)21-22(18)31-23(29)26-21/h4-8,11,17,20,24-25,27-28H,3,9-10,12-14H2,1-2H3,(H,26,29)/t17-,20-/m0/s1. The van der Waals surface area contributed by atoms with Gasteiger partial charge in [-0.25, -0.2) is 0 Å². The van der Waals surface area contributed by atoms with Crippen LogP contribution in [0.15, 0.2) is 41.2 Å². The molecule has 1 heterocycles. The molecule has 1 aromatic heterocycles. The minimum atomic E-state index is -0.767. The predicted octanol–water partition coefficient (Wildman–Crippen LogP) is 2.68. The first-order chi connectivity index (χ1) is 15.0. The number of aromatic amines is 1. The number of H-pyrrole nitrogens is 1. The third-order valence-electron chi connectivity index (χ3n) is 5.32. The molecule has 0 saturated carbocycles. The number of benzene rings is 2. The number of phenols is 1. The van der Waals surface area contributed by atoms with Gasteiger partial charge >= 0.3 is 4.87 Å². The van der Waals surface area contributed by atoms with Crippen molar-refractivity contribution in [2.24, 2.45) is 0 Å². The zero-order chi connectivity index (χ0) is 22.2. The second kappa shape index (κ2) is 11.4. The van der Waals surface area contributed by atoms with Crippen molar-refractivity contribution >= 4 is 21.6 Å². The normalized spacial score (nSPS) is 13.5. The van der Waals surface area contributed by atoms with E-state index in [9.17, 15) is 15.0 Å². The molecule has 0 aliphatic carbocycles. The van der Waals surface area contributed by atoms with Crippen LogP contribution >= 0.6 is 11.3 Å². The largest absolute Gasteiger partial charge is 0.506 e. The summed E-state index contributed by atoms with van der Waals surface area (Å²) in [4.78, 5) is 14.0. The molecule has 0 radical (unpaired) electrons. The maximum atomic E-state index is 11.6. The maximum absolute atomic E-state index is 11.6. The van der Waals surface area contributed by atoms with Gasteiger partial charge in [-0.05, 0) is 36.6 Å². The Labute approximate surface area is 186 Å². The molecule has 3 rings (SSSR count). The zero-order valence-corrected chi connectivity index (χ0v) is 18.8. The molecule has 5 N–H and O–H groups in total. The van der Waals surface area contributed by atoms with E-state index in [0.717, 1.165) is 37.3 Å². The summed E-state index contributed by atoms with van der Waals surface area (Å²) in [6, 6.07) is 12.0. The smallest absolute Gasteiger partial charge is 0.305 e. The Balaban J connectivity index is 1.50. The molecule has 8 heteroatoms. The molecule has 0 spiro atoms. The molecule has 3 aromatic rings. The second-order valence-electron chi connectivity index (χ2n) is 7.62. The first-order valence-corrected chi connectivity index (χ1v) is 11.4. The van der Waals surface area contributed by atoms with Crippen LogP contribution in [-0.4, -0.2) is 48.0 Å². The molecular formula is C23H31N3O4S. The number of nitrogens with one attached hydrogen (secondary N) is 3. The lowest BCUT2D eigenvalue weighted by Gasteiger charge is -2.16. The highest BCUT2D eigenvalue weighted by atomic mass is 32.1. The molecule has 0 aliphatic rings. The fraction of sp³-hybridized carbons (Fsp3) is 0.435. The number of rotatable bonds is 12. The van der Waals surface area contributed by atoms with Gasteiger partial charge in [0, 0.05) is 31.8 Å². The average Bonchev–Trinajstić information content (AvgIpc) is 3.17. The van der Waals surface area contributed by atoms with E-state index in [1.54, 1.807) is 13.2 Å². The highest BCUT2D eigenvalue weighted by molar-refractivity contribution is 7.16. The molecule has 0 bridgehead atoms. The van der Waals surface area contributed by atoms with Crippen molar-refractivity contribution in [3.8, 4) is 5.75 Å². The van der Waals surface area contributed by atoms with Crippen LogP contribution in [-0.2, 0) is 17.7 Å². The lowest BCUT2D eigenvalue weighted by atomic mass is 10.1. The fourth-order valence-electron chi connectivity index (χ4n) is 3.56. The summed E-state index contributed by atoms with van der Waals surface area (Å²) in [6.45, 7) is 4.74. The first-order valence-electron chi connectivity index (χ1n) is 10.6. The van der Waals surface area contributed by atoms with Gasteiger partial charge in [0.15, 0.2) is 0 Å². The third-order valence-corrected chi connectivity index (χ3v) is 6.25. The van der Waals surface area contributed by atoms with Gasteiger partial charge in [-0.3, -0.25) is 4.79 Å². The summed E-state index contributed by atoms with van der Waals surface area (Å²) in [5.74, 6) is 0.0131. The molecule has 2 atom stereocenters. The van der Waals surface area contributed by atoms with Crippen molar-refractivity contribution in [1.29, 1.82) is 0 Å². The number of aromatic hydroxyl groups is 1. The quantitative estimate of drug-likeness (QED) is 0.275. The monoisotopic (exact) mass is 445 g/mol. The Morgan fingerprint density at radius 3 is 2.81 bits per heavy atom. The van der Waals surface area contributed by atoms with Crippen molar-refractivity contribution < 1.29 is 14.9 Å². The Morgan fingerprint density at radius 1 is 1.23 bits per heavy atom. The number of hydrogen-bond donors (Lipinski definition) is 5. The van der Waals surface area contributed by atoms with Gasteiger partial charge in [-0.15, -0.1) is 0 Å². The van der Waals surface area contributed by atoms with E-state index in [-0.39, 0.29) is 10.6 Å². The minimum Gasteiger partial charge on any atom is -0.506 e. The fourth-order valence-corrected chi connectivity index (χ4v) is 4.48. The number of fused-ring (bicyclic) bond motifs is 1. The van der Waals surface area contributed by atoms with Gasteiger partial charge in [0.05, 0.1) is 17.4 Å². The lowest BCUT2D eigenvalue weighted by Crippen LogP contribution is -2.32. The molecule has 2 aromatic carbocycles. The van der Waals surface area contributed by atoms with Crippen LogP contribution < -0.4 is 15.5 Å². The van der Waals surface area contributed by atoms with Crippen LogP contribution in [0.3, 0.4) is 0 Å². The number of aliphatic hydroxyl groups excluding tert-OH is 1. The van der Waals surface area contributed by atoms with E-state index in [1.807, 2.05) is 0 Å². The number of aromatic nitrogens is 1. The van der Waals surface area contributed by atoms with Crippen molar-refractivity contribution in [2.75, 3.05) is 26.8 Å². The zero-order valence-electron chi connectivity index (χ0n) is 18.0. The number of aliphatic hydroxyl groups is 1. The summed E-state index contributed by atoms with van der Waals surface area (Å²) < 4.78 is 5.83. The van der Waals surface area contributed by atoms with E-state index < -0.39 is 6.10 Å². The number of ether oxygens (including phenoxy) is 1. The molecular weight excluding hydrogens is 414 g/mol. The molecule has 31 heavy (non-hydrogen) atoms. The van der Waals surface area contributed by atoms with Gasteiger partial charge in [-0.2, -0.15) is 0 Å². The van der Waals surface area contributed by atoms with E-state index >= 15 is 0 Å². The lowest BCUT2D eigenvalue weighted by molar-refractivity contribution is 0.164. The van der Waals surface area contributed by atoms with Crippen molar-refractivity contribution in [3.63, 3.8) is 0 Å². The summed E-state index contributed by atoms with van der Waals surface area (Å²) in [6.07, 6.45) is 1.10. The number of thiazole rings is 1. The summed E-state index contributed by atoms with van der Waals surface area (Å²) in [5.41, 5.74) is 3.49. The highest BCUT2D eigenvalue weighted by Gasteiger charge is 2.16. The summed E-state index contributed by atoms with van der Waals surface area (Å²) >= 11 is 0.997. The molecule has 0 aliphatic heterocycles. The van der Waals surface area contributed by atoms with Crippen LogP contribution in [0.1, 0.15) is 36.1 Å². The van der Waals surface area contributed by atoms with Gasteiger partial charge in [0.2, 0.25) is 0 Å². The van der Waals surface area contributed by atoms with Crippen LogP contribution in [0.5, 0.6) is 5.75 Å². The Bertz CT molecular complexity index is 1030. The summed E-state index contributed by atoms with van der Waals surface area (Å²) in [5, 5.41) is 27.3. The molecule has 0 fully saturated rings. The third kappa shape index (κ3) is 6.38. The van der Waals surface area contributed by atoms with Gasteiger partial charge in [0.1, 0.15) is 11.3 Å². The Kier molecular flexibility index (Phi) is 8.62. The van der Waals surface area contributed by atoms with Crippen LogP contribution in [0.4, 0.5) is 0 Å². The molecule has 0 unspecified atom stereocenters. The van der Waals surface area contributed by atoms with Gasteiger partial charge < -0.3 is 30.6 Å². The van der Waals surface area contributed by atoms with E-state index in [0.29, 0.717) is 35.0 Å². The molecule has 0 saturated heterocycles. The maximum Gasteiger partial charge on any atom is 0.305 e. The molecule has 7 nitrogen and oxygen atoms in total. The van der Waals surface area contributed by atoms with Gasteiger partial charge in [0.25, 0.3) is 0 Å². The van der Waals surface area contributed by atoms with Crippen molar-refractivity contribution in [3.05, 3.63) is 62.8 Å². The molecule has 0 amide bonds. The average molecular weight is 446 g/mol. The number of phenolic OH excluding ortho intramolecular Hbond substituents is 1. The van der Waals surface area contributed by atoms with Crippen LogP contribution in [0, 0.1) is 0 Å². The predicted molar refractivity (Wildman–Crippen MR) is 125 cm³/mol. The van der Waals surface area contributed by atoms with E-state index in [1.165, 1.54) is 17.2 Å². The topological polar surface area (TPSA) is 107 Å². The van der Waals surface area contributed by atoms with Crippen LogP contribution in [0.2, 0.25) is 0 Å². The number of hydrogen-bond acceptors (Lipinski definition) is 7. The molecule has 168 valence electrons. The minimum absolute atomic E-state index is 0.0131. The Hall–Kier alpha value is -2.23. The second-order valence-corrected chi connectivity index (χ2v) is 8.61. The van der Waals surface area contributed by atoms with Crippen molar-refractivity contribution in [1.82, 2.24) is 15.6 Å². The highest BCUT2D eigenvalue weighted by Crippen LogP contribution is 2.31. The summed E-state index contributed by atoms with van der Waals surface area (Å²) in [7, 11) is 1.72. The van der Waals surface area contributed by atoms with E-state index in [2.05, 4.69) is 46.8 Å². The number of methoxy groups -OCH3 is 1. The Morgan fingerprint density at radius 2 is 2.03 bits per heavy atom.